The molecule has 1 aromatic carbocycles. The number of hydrogen-bond donors (Lipinski definition) is 0. The standard InChI is InChI=1S/C15H21ClO2/c1-3-4-5-6-7-8-14(17)13-10-9-12(16)11-15(13)18-2/h9-11H,3-8H2,1-2H3. The van der Waals surface area contributed by atoms with Crippen molar-refractivity contribution in [1.82, 2.24) is 0 Å². The molecule has 0 spiro atoms. The number of rotatable bonds is 8. The van der Waals surface area contributed by atoms with E-state index in [2.05, 4.69) is 6.92 Å². The van der Waals surface area contributed by atoms with Gasteiger partial charge in [-0.25, -0.2) is 0 Å². The molecular formula is C15H21ClO2. The molecule has 0 N–H and O–H groups in total. The molecule has 3 heteroatoms. The first-order valence-electron chi connectivity index (χ1n) is 6.55. The monoisotopic (exact) mass is 268 g/mol. The van der Waals surface area contributed by atoms with Gasteiger partial charge in [0.15, 0.2) is 5.78 Å². The summed E-state index contributed by atoms with van der Waals surface area (Å²) in [6.45, 7) is 2.18. The van der Waals surface area contributed by atoms with Crippen LogP contribution in [0.5, 0.6) is 5.75 Å². The smallest absolute Gasteiger partial charge is 0.166 e. The molecule has 18 heavy (non-hydrogen) atoms. The van der Waals surface area contributed by atoms with E-state index in [1.54, 1.807) is 25.3 Å². The Morgan fingerprint density at radius 3 is 2.61 bits per heavy atom. The summed E-state index contributed by atoms with van der Waals surface area (Å²) in [4.78, 5) is 12.0. The molecule has 0 aliphatic rings. The van der Waals surface area contributed by atoms with E-state index >= 15 is 0 Å². The lowest BCUT2D eigenvalue weighted by atomic mass is 10.0. The topological polar surface area (TPSA) is 26.3 Å². The van der Waals surface area contributed by atoms with Crippen LogP contribution in [-0.2, 0) is 0 Å². The molecule has 0 aromatic heterocycles. The minimum Gasteiger partial charge on any atom is -0.496 e. The third-order valence-corrected chi connectivity index (χ3v) is 3.21. The number of ketones is 1. The Labute approximate surface area is 114 Å². The van der Waals surface area contributed by atoms with Crippen LogP contribution in [0.1, 0.15) is 55.8 Å². The average Bonchev–Trinajstić information content (AvgIpc) is 2.38. The van der Waals surface area contributed by atoms with Crippen LogP contribution < -0.4 is 4.74 Å². The molecule has 0 aliphatic heterocycles. The highest BCUT2D eigenvalue weighted by Gasteiger charge is 2.12. The average molecular weight is 269 g/mol. The van der Waals surface area contributed by atoms with E-state index in [9.17, 15) is 4.79 Å². The van der Waals surface area contributed by atoms with Crippen molar-refractivity contribution in [2.24, 2.45) is 0 Å². The van der Waals surface area contributed by atoms with Gasteiger partial charge in [0.05, 0.1) is 12.7 Å². The Bertz CT molecular complexity index is 388. The highest BCUT2D eigenvalue weighted by atomic mass is 35.5. The molecule has 0 fully saturated rings. The molecule has 0 bridgehead atoms. The van der Waals surface area contributed by atoms with Gasteiger partial charge in [0.2, 0.25) is 0 Å². The first kappa shape index (κ1) is 15.0. The van der Waals surface area contributed by atoms with Crippen LogP contribution >= 0.6 is 11.6 Å². The zero-order valence-electron chi connectivity index (χ0n) is 11.2. The zero-order chi connectivity index (χ0) is 13.4. The Kier molecular flexibility index (Phi) is 6.81. The predicted molar refractivity (Wildman–Crippen MR) is 75.7 cm³/mol. The molecule has 1 aromatic rings. The summed E-state index contributed by atoms with van der Waals surface area (Å²) in [6.07, 6.45) is 6.33. The number of unbranched alkanes of at least 4 members (excludes halogenated alkanes) is 4. The molecular weight excluding hydrogens is 248 g/mol. The quantitative estimate of drug-likeness (QED) is 0.495. The Morgan fingerprint density at radius 2 is 1.94 bits per heavy atom. The SMILES string of the molecule is CCCCCCCC(=O)c1ccc(Cl)cc1OC. The van der Waals surface area contributed by atoms with Crippen molar-refractivity contribution in [2.45, 2.75) is 45.4 Å². The lowest BCUT2D eigenvalue weighted by molar-refractivity contribution is 0.0976. The van der Waals surface area contributed by atoms with Crippen molar-refractivity contribution in [2.75, 3.05) is 7.11 Å². The Hall–Kier alpha value is -1.02. The van der Waals surface area contributed by atoms with Crippen molar-refractivity contribution in [3.05, 3.63) is 28.8 Å². The zero-order valence-corrected chi connectivity index (χ0v) is 11.9. The number of carbonyl (C=O) groups excluding carboxylic acids is 1. The van der Waals surface area contributed by atoms with Gasteiger partial charge < -0.3 is 4.74 Å². The summed E-state index contributed by atoms with van der Waals surface area (Å²) in [5.74, 6) is 0.709. The highest BCUT2D eigenvalue weighted by molar-refractivity contribution is 6.30. The van der Waals surface area contributed by atoms with Gasteiger partial charge in [0.1, 0.15) is 5.75 Å². The van der Waals surface area contributed by atoms with Crippen molar-refractivity contribution < 1.29 is 9.53 Å². The summed E-state index contributed by atoms with van der Waals surface area (Å²) in [6, 6.07) is 5.16. The van der Waals surface area contributed by atoms with E-state index in [0.717, 1.165) is 12.8 Å². The number of methoxy groups -OCH3 is 1. The number of carbonyl (C=O) groups is 1. The van der Waals surface area contributed by atoms with E-state index in [0.29, 0.717) is 22.8 Å². The normalized spacial score (nSPS) is 10.4. The van der Waals surface area contributed by atoms with Gasteiger partial charge in [-0.3, -0.25) is 4.79 Å². The summed E-state index contributed by atoms with van der Waals surface area (Å²) in [5, 5.41) is 0.589. The molecule has 0 radical (unpaired) electrons. The molecule has 0 saturated heterocycles. The van der Waals surface area contributed by atoms with E-state index in [-0.39, 0.29) is 5.78 Å². The van der Waals surface area contributed by atoms with Crippen molar-refractivity contribution >= 4 is 17.4 Å². The second-order valence-electron chi connectivity index (χ2n) is 4.43. The third kappa shape index (κ3) is 4.69. The number of Topliss-reactive ketones (excluding diaryl/α,β-unsaturated/α-hetero) is 1. The molecule has 2 nitrogen and oxygen atoms in total. The maximum Gasteiger partial charge on any atom is 0.166 e. The van der Waals surface area contributed by atoms with E-state index in [1.807, 2.05) is 0 Å². The molecule has 0 atom stereocenters. The Balaban J connectivity index is 2.51. The van der Waals surface area contributed by atoms with Crippen molar-refractivity contribution in [3.63, 3.8) is 0 Å². The fourth-order valence-electron chi connectivity index (χ4n) is 1.92. The number of ether oxygens (including phenoxy) is 1. The summed E-state index contributed by atoms with van der Waals surface area (Å²) in [7, 11) is 1.56. The van der Waals surface area contributed by atoms with Crippen LogP contribution in [-0.4, -0.2) is 12.9 Å². The van der Waals surface area contributed by atoms with Crippen molar-refractivity contribution in [3.8, 4) is 5.75 Å². The van der Waals surface area contributed by atoms with Gasteiger partial charge in [0, 0.05) is 11.4 Å². The minimum atomic E-state index is 0.139. The number of benzene rings is 1. The summed E-state index contributed by atoms with van der Waals surface area (Å²) in [5.41, 5.74) is 0.636. The fourth-order valence-corrected chi connectivity index (χ4v) is 2.08. The molecule has 0 unspecified atom stereocenters. The van der Waals surface area contributed by atoms with E-state index in [1.165, 1.54) is 19.3 Å². The van der Waals surface area contributed by atoms with E-state index in [4.69, 9.17) is 16.3 Å². The maximum absolute atomic E-state index is 12.0. The molecule has 0 amide bonds. The van der Waals surface area contributed by atoms with Gasteiger partial charge in [-0.1, -0.05) is 44.2 Å². The van der Waals surface area contributed by atoms with E-state index < -0.39 is 0 Å². The number of halogens is 1. The largest absolute Gasteiger partial charge is 0.496 e. The number of hydrogen-bond acceptors (Lipinski definition) is 2. The molecule has 0 saturated carbocycles. The van der Waals surface area contributed by atoms with Crippen LogP contribution in [0.3, 0.4) is 0 Å². The fraction of sp³-hybridized carbons (Fsp3) is 0.533. The molecule has 1 rings (SSSR count). The Morgan fingerprint density at radius 1 is 1.22 bits per heavy atom. The maximum atomic E-state index is 12.0. The van der Waals surface area contributed by atoms with Crippen LogP contribution in [0.25, 0.3) is 0 Å². The lowest BCUT2D eigenvalue weighted by Crippen LogP contribution is -2.02. The summed E-state index contributed by atoms with van der Waals surface area (Å²) < 4.78 is 5.19. The predicted octanol–water partition coefficient (Wildman–Crippen LogP) is 4.89. The highest BCUT2D eigenvalue weighted by Crippen LogP contribution is 2.24. The van der Waals surface area contributed by atoms with Gasteiger partial charge in [-0.2, -0.15) is 0 Å². The van der Waals surface area contributed by atoms with Crippen molar-refractivity contribution in [1.29, 1.82) is 0 Å². The van der Waals surface area contributed by atoms with Gasteiger partial charge in [0.25, 0.3) is 0 Å². The first-order chi connectivity index (χ1) is 8.69. The minimum absolute atomic E-state index is 0.139. The van der Waals surface area contributed by atoms with Gasteiger partial charge in [-0.15, -0.1) is 0 Å². The summed E-state index contributed by atoms with van der Waals surface area (Å²) >= 11 is 5.87. The lowest BCUT2D eigenvalue weighted by Gasteiger charge is -2.08. The first-order valence-corrected chi connectivity index (χ1v) is 6.93. The molecule has 0 aliphatic carbocycles. The van der Waals surface area contributed by atoms with Crippen LogP contribution in [0.15, 0.2) is 18.2 Å². The molecule has 100 valence electrons. The van der Waals surface area contributed by atoms with Gasteiger partial charge >= 0.3 is 0 Å². The van der Waals surface area contributed by atoms with Crippen LogP contribution in [0, 0.1) is 0 Å². The van der Waals surface area contributed by atoms with Crippen LogP contribution in [0.4, 0.5) is 0 Å². The molecule has 0 heterocycles. The van der Waals surface area contributed by atoms with Crippen LogP contribution in [0.2, 0.25) is 5.02 Å². The third-order valence-electron chi connectivity index (χ3n) is 2.97. The second kappa shape index (κ2) is 8.15. The second-order valence-corrected chi connectivity index (χ2v) is 4.87. The van der Waals surface area contributed by atoms with Gasteiger partial charge in [-0.05, 0) is 24.6 Å².